The van der Waals surface area contributed by atoms with Crippen molar-refractivity contribution in [3.8, 4) is 0 Å². The first kappa shape index (κ1) is 22.6. The van der Waals surface area contributed by atoms with E-state index >= 15 is 0 Å². The standard InChI is InChI=1S/C23H20ClN5O3S/c1-16-12-18(24)14-20-22(16)26-23(33-20)28(10-3-9-27-11-8-25-15-27)21(30)7-6-17-4-2-5-19(13-17)29(31)32/h2,4-8,11-15H,3,9-10H2,1H3/b7-6+. The van der Waals surface area contributed by atoms with E-state index in [1.54, 1.807) is 35.6 Å². The van der Waals surface area contributed by atoms with Crippen LogP contribution in [0.1, 0.15) is 17.5 Å². The van der Waals surface area contributed by atoms with Crippen molar-refractivity contribution >= 4 is 56.0 Å². The fraction of sp³-hybridized carbons (Fsp3) is 0.174. The lowest BCUT2D eigenvalue weighted by Crippen LogP contribution is -2.30. The number of carbonyl (C=O) groups excluding carboxylic acids is 1. The van der Waals surface area contributed by atoms with Gasteiger partial charge in [0.15, 0.2) is 5.13 Å². The molecule has 0 unspecified atom stereocenters. The Hall–Kier alpha value is -3.56. The van der Waals surface area contributed by atoms with Gasteiger partial charge < -0.3 is 4.57 Å². The monoisotopic (exact) mass is 481 g/mol. The maximum absolute atomic E-state index is 13.2. The number of anilines is 1. The van der Waals surface area contributed by atoms with Crippen LogP contribution < -0.4 is 4.90 Å². The highest BCUT2D eigenvalue weighted by Gasteiger charge is 2.19. The van der Waals surface area contributed by atoms with Gasteiger partial charge in [-0.3, -0.25) is 19.8 Å². The van der Waals surface area contributed by atoms with Crippen LogP contribution in [0.4, 0.5) is 10.8 Å². The largest absolute Gasteiger partial charge is 0.337 e. The van der Waals surface area contributed by atoms with Crippen molar-refractivity contribution in [1.29, 1.82) is 0 Å². The van der Waals surface area contributed by atoms with Crippen LogP contribution >= 0.6 is 22.9 Å². The fourth-order valence-electron chi connectivity index (χ4n) is 3.39. The molecule has 33 heavy (non-hydrogen) atoms. The SMILES string of the molecule is Cc1cc(Cl)cc2sc(N(CCCn3ccnc3)C(=O)/C=C/c3cccc([N+](=O)[O-])c3)nc12. The first-order valence-electron chi connectivity index (χ1n) is 10.2. The van der Waals surface area contributed by atoms with E-state index in [-0.39, 0.29) is 11.6 Å². The van der Waals surface area contributed by atoms with Crippen LogP contribution in [-0.4, -0.2) is 31.9 Å². The van der Waals surface area contributed by atoms with E-state index in [2.05, 4.69) is 4.98 Å². The summed E-state index contributed by atoms with van der Waals surface area (Å²) in [5.74, 6) is -0.255. The summed E-state index contributed by atoms with van der Waals surface area (Å²) in [7, 11) is 0. The van der Waals surface area contributed by atoms with Crippen molar-refractivity contribution in [3.05, 3.63) is 87.5 Å². The van der Waals surface area contributed by atoms with Crippen LogP contribution in [0.2, 0.25) is 5.02 Å². The summed E-state index contributed by atoms with van der Waals surface area (Å²) in [5, 5.41) is 12.2. The third kappa shape index (κ3) is 5.44. The highest BCUT2D eigenvalue weighted by molar-refractivity contribution is 7.22. The second-order valence-corrected chi connectivity index (χ2v) is 8.84. The second-order valence-electron chi connectivity index (χ2n) is 7.40. The van der Waals surface area contributed by atoms with Crippen molar-refractivity contribution in [2.24, 2.45) is 0 Å². The quantitative estimate of drug-likeness (QED) is 0.188. The molecular weight excluding hydrogens is 462 g/mol. The molecule has 0 aliphatic heterocycles. The number of imidazole rings is 1. The van der Waals surface area contributed by atoms with Gasteiger partial charge in [-0.1, -0.05) is 35.1 Å². The number of thiazole rings is 1. The molecule has 0 radical (unpaired) electrons. The van der Waals surface area contributed by atoms with Gasteiger partial charge in [-0.25, -0.2) is 9.97 Å². The molecule has 8 nitrogen and oxygen atoms in total. The molecule has 4 rings (SSSR count). The van der Waals surface area contributed by atoms with Crippen molar-refractivity contribution < 1.29 is 9.72 Å². The highest BCUT2D eigenvalue weighted by Crippen LogP contribution is 2.33. The fourth-order valence-corrected chi connectivity index (χ4v) is 4.84. The predicted octanol–water partition coefficient (Wildman–Crippen LogP) is 5.50. The summed E-state index contributed by atoms with van der Waals surface area (Å²) in [6.45, 7) is 3.09. The number of aryl methyl sites for hydroxylation is 2. The number of aromatic nitrogens is 3. The Morgan fingerprint density at radius 1 is 1.33 bits per heavy atom. The molecule has 0 bridgehead atoms. The van der Waals surface area contributed by atoms with Crippen LogP contribution in [0.25, 0.3) is 16.3 Å². The zero-order chi connectivity index (χ0) is 23.4. The van der Waals surface area contributed by atoms with Crippen molar-refractivity contribution in [2.75, 3.05) is 11.4 Å². The van der Waals surface area contributed by atoms with Gasteiger partial charge >= 0.3 is 0 Å². The molecule has 0 atom stereocenters. The molecule has 2 heterocycles. The smallest absolute Gasteiger partial charge is 0.270 e. The van der Waals surface area contributed by atoms with Gasteiger partial charge in [-0.15, -0.1) is 0 Å². The van der Waals surface area contributed by atoms with Crippen LogP contribution in [0.15, 0.2) is 61.2 Å². The molecule has 10 heteroatoms. The number of nitro benzene ring substituents is 1. The Balaban J connectivity index is 1.60. The molecule has 0 saturated carbocycles. The molecule has 0 N–H and O–H groups in total. The Kier molecular flexibility index (Phi) is 6.81. The van der Waals surface area contributed by atoms with E-state index in [1.165, 1.54) is 29.5 Å². The number of halogens is 1. The van der Waals surface area contributed by atoms with Crippen molar-refractivity contribution in [3.63, 3.8) is 0 Å². The lowest BCUT2D eigenvalue weighted by atomic mass is 10.2. The average Bonchev–Trinajstić information content (AvgIpc) is 3.45. The zero-order valence-electron chi connectivity index (χ0n) is 17.7. The number of fused-ring (bicyclic) bond motifs is 1. The number of benzene rings is 2. The van der Waals surface area contributed by atoms with Crippen LogP contribution in [0, 0.1) is 17.0 Å². The van der Waals surface area contributed by atoms with E-state index in [0.29, 0.717) is 35.2 Å². The molecule has 0 aliphatic rings. The molecule has 2 aromatic carbocycles. The third-order valence-corrected chi connectivity index (χ3v) is 6.24. The minimum Gasteiger partial charge on any atom is -0.337 e. The van der Waals surface area contributed by atoms with Crippen molar-refractivity contribution in [1.82, 2.24) is 14.5 Å². The van der Waals surface area contributed by atoms with Gasteiger partial charge in [-0.05, 0) is 42.7 Å². The molecule has 1 amide bonds. The molecule has 0 aliphatic carbocycles. The number of hydrogen-bond donors (Lipinski definition) is 0. The van der Waals surface area contributed by atoms with Crippen LogP contribution in [0.3, 0.4) is 0 Å². The molecular formula is C23H20ClN5O3S. The zero-order valence-corrected chi connectivity index (χ0v) is 19.3. The summed E-state index contributed by atoms with van der Waals surface area (Å²) in [6.07, 6.45) is 9.01. The summed E-state index contributed by atoms with van der Waals surface area (Å²) < 4.78 is 2.86. The topological polar surface area (TPSA) is 94.2 Å². The number of non-ortho nitro benzene ring substituents is 1. The Morgan fingerprint density at radius 2 is 2.18 bits per heavy atom. The Bertz CT molecular complexity index is 1330. The summed E-state index contributed by atoms with van der Waals surface area (Å²) >= 11 is 7.60. The average molecular weight is 482 g/mol. The Morgan fingerprint density at radius 3 is 2.94 bits per heavy atom. The minimum atomic E-state index is -0.462. The first-order chi connectivity index (χ1) is 15.9. The van der Waals surface area contributed by atoms with Gasteiger partial charge in [0.05, 0.1) is 21.5 Å². The number of amides is 1. The predicted molar refractivity (Wildman–Crippen MR) is 131 cm³/mol. The third-order valence-electron chi connectivity index (χ3n) is 4.99. The number of rotatable bonds is 8. The molecule has 168 valence electrons. The Labute approximate surface area is 198 Å². The van der Waals surface area contributed by atoms with E-state index < -0.39 is 4.92 Å². The number of nitro groups is 1. The maximum Gasteiger partial charge on any atom is 0.270 e. The highest BCUT2D eigenvalue weighted by atomic mass is 35.5. The molecule has 0 fully saturated rings. The van der Waals surface area contributed by atoms with Gasteiger partial charge in [0, 0.05) is 48.7 Å². The lowest BCUT2D eigenvalue weighted by molar-refractivity contribution is -0.384. The van der Waals surface area contributed by atoms with Crippen LogP contribution in [0.5, 0.6) is 0 Å². The van der Waals surface area contributed by atoms with E-state index in [0.717, 1.165) is 15.8 Å². The normalized spacial score (nSPS) is 11.3. The summed E-state index contributed by atoms with van der Waals surface area (Å²) in [4.78, 5) is 34.1. The lowest BCUT2D eigenvalue weighted by Gasteiger charge is -2.18. The molecule has 0 spiro atoms. The number of carbonyl (C=O) groups is 1. The first-order valence-corrected chi connectivity index (χ1v) is 11.4. The van der Waals surface area contributed by atoms with Crippen LogP contribution in [-0.2, 0) is 11.3 Å². The molecule has 0 saturated heterocycles. The summed E-state index contributed by atoms with van der Waals surface area (Å²) in [5.41, 5.74) is 2.30. The van der Waals surface area contributed by atoms with Gasteiger partial charge in [0.25, 0.3) is 11.6 Å². The minimum absolute atomic E-state index is 0.0275. The van der Waals surface area contributed by atoms with Crippen molar-refractivity contribution in [2.45, 2.75) is 19.9 Å². The van der Waals surface area contributed by atoms with E-state index in [1.807, 2.05) is 29.8 Å². The number of hydrogen-bond acceptors (Lipinski definition) is 6. The van der Waals surface area contributed by atoms with Gasteiger partial charge in [0.1, 0.15) is 0 Å². The second kappa shape index (κ2) is 9.93. The molecule has 2 aromatic heterocycles. The van der Waals surface area contributed by atoms with Gasteiger partial charge in [0.2, 0.25) is 0 Å². The molecule has 4 aromatic rings. The van der Waals surface area contributed by atoms with E-state index in [9.17, 15) is 14.9 Å². The van der Waals surface area contributed by atoms with Gasteiger partial charge in [-0.2, -0.15) is 0 Å². The maximum atomic E-state index is 13.2. The number of nitrogens with zero attached hydrogens (tertiary/aromatic N) is 5. The van der Waals surface area contributed by atoms with E-state index in [4.69, 9.17) is 16.6 Å². The summed E-state index contributed by atoms with van der Waals surface area (Å²) in [6, 6.07) is 9.83.